The monoisotopic (exact) mass is 313 g/mol. The van der Waals surface area contributed by atoms with Gasteiger partial charge in [-0.15, -0.1) is 0 Å². The van der Waals surface area contributed by atoms with Gasteiger partial charge in [-0.2, -0.15) is 0 Å². The first-order chi connectivity index (χ1) is 8.31. The van der Waals surface area contributed by atoms with Crippen LogP contribution in [0.3, 0.4) is 0 Å². The Labute approximate surface area is 119 Å². The zero-order valence-electron chi connectivity index (χ0n) is 12.2. The minimum absolute atomic E-state index is 0.343. The third-order valence-corrected chi connectivity index (χ3v) is 3.46. The molecule has 0 aliphatic carbocycles. The zero-order chi connectivity index (χ0) is 13.9. The van der Waals surface area contributed by atoms with Crippen LogP contribution >= 0.6 is 15.9 Å². The average molecular weight is 314 g/mol. The Morgan fingerprint density at radius 1 is 1.17 bits per heavy atom. The van der Waals surface area contributed by atoms with Crippen molar-refractivity contribution in [3.8, 4) is 0 Å². The van der Waals surface area contributed by atoms with E-state index < -0.39 is 0 Å². The van der Waals surface area contributed by atoms with Crippen LogP contribution in [0.4, 0.5) is 5.82 Å². The molecule has 1 heterocycles. The molecule has 1 rings (SSSR count). The van der Waals surface area contributed by atoms with Gasteiger partial charge in [0.1, 0.15) is 16.2 Å². The van der Waals surface area contributed by atoms with E-state index in [4.69, 9.17) is 0 Å². The van der Waals surface area contributed by atoms with Gasteiger partial charge in [0.2, 0.25) is 0 Å². The molecule has 0 saturated carbocycles. The van der Waals surface area contributed by atoms with Gasteiger partial charge in [-0.25, -0.2) is 9.97 Å². The highest BCUT2D eigenvalue weighted by Crippen LogP contribution is 2.22. The number of hydrogen-bond donors (Lipinski definition) is 0. The summed E-state index contributed by atoms with van der Waals surface area (Å²) in [6.07, 6.45) is 1.16. The molecule has 0 N–H and O–H groups in total. The van der Waals surface area contributed by atoms with Crippen LogP contribution in [0.2, 0.25) is 0 Å². The van der Waals surface area contributed by atoms with E-state index in [-0.39, 0.29) is 0 Å². The number of anilines is 1. The lowest BCUT2D eigenvalue weighted by atomic mass is 10.0. The first-order valence-electron chi connectivity index (χ1n) is 6.58. The molecule has 0 radical (unpaired) electrons. The van der Waals surface area contributed by atoms with Gasteiger partial charge in [0.15, 0.2) is 0 Å². The van der Waals surface area contributed by atoms with Crippen LogP contribution in [0.1, 0.15) is 52.8 Å². The molecule has 1 aromatic rings. The second kappa shape index (κ2) is 6.50. The Kier molecular flexibility index (Phi) is 5.57. The summed E-state index contributed by atoms with van der Waals surface area (Å²) in [4.78, 5) is 11.3. The fourth-order valence-electron chi connectivity index (χ4n) is 1.93. The molecule has 0 aliphatic rings. The summed E-state index contributed by atoms with van der Waals surface area (Å²) in [6.45, 7) is 11.0. The van der Waals surface area contributed by atoms with Crippen LogP contribution < -0.4 is 4.90 Å². The highest BCUT2D eigenvalue weighted by molar-refractivity contribution is 9.10. The first-order valence-corrected chi connectivity index (χ1v) is 7.37. The number of aromatic nitrogens is 2. The Morgan fingerprint density at radius 2 is 1.78 bits per heavy atom. The highest BCUT2D eigenvalue weighted by Gasteiger charge is 2.15. The second-order valence-electron chi connectivity index (χ2n) is 5.65. The summed E-state index contributed by atoms with van der Waals surface area (Å²) < 4.78 is 0.861. The minimum atomic E-state index is 0.343. The maximum Gasteiger partial charge on any atom is 0.134 e. The third kappa shape index (κ3) is 4.23. The molecular formula is C14H24BrN3. The average Bonchev–Trinajstić information content (AvgIpc) is 2.26. The normalized spacial score (nSPS) is 13.2. The quantitative estimate of drug-likeness (QED) is 0.762. The summed E-state index contributed by atoms with van der Waals surface area (Å²) in [5.41, 5.74) is 0. The van der Waals surface area contributed by atoms with E-state index in [1.165, 1.54) is 0 Å². The Bertz CT molecular complexity index is 391. The molecule has 0 saturated heterocycles. The predicted octanol–water partition coefficient (Wildman–Crippen LogP) is 4.23. The lowest BCUT2D eigenvalue weighted by Gasteiger charge is -2.27. The standard InChI is InChI=1S/C14H24BrN3/c1-9(2)7-11(5)18(6)13-8-12(15)16-14(17-13)10(3)4/h8-11H,7H2,1-6H3. The lowest BCUT2D eigenvalue weighted by Crippen LogP contribution is -2.31. The van der Waals surface area contributed by atoms with Crippen LogP contribution in [0.5, 0.6) is 0 Å². The SMILES string of the molecule is CC(C)CC(C)N(C)c1cc(Br)nc(C(C)C)n1. The summed E-state index contributed by atoms with van der Waals surface area (Å²) in [6, 6.07) is 2.47. The number of halogens is 1. The lowest BCUT2D eigenvalue weighted by molar-refractivity contribution is 0.501. The topological polar surface area (TPSA) is 29.0 Å². The Hall–Kier alpha value is -0.640. The summed E-state index contributed by atoms with van der Waals surface area (Å²) in [5, 5.41) is 0. The number of hydrogen-bond acceptors (Lipinski definition) is 3. The van der Waals surface area contributed by atoms with Crippen molar-refractivity contribution in [2.45, 2.75) is 53.0 Å². The molecule has 18 heavy (non-hydrogen) atoms. The van der Waals surface area contributed by atoms with E-state index in [1.807, 2.05) is 6.07 Å². The molecular weight excluding hydrogens is 290 g/mol. The van der Waals surface area contributed by atoms with E-state index in [2.05, 4.69) is 72.5 Å². The van der Waals surface area contributed by atoms with E-state index >= 15 is 0 Å². The fraction of sp³-hybridized carbons (Fsp3) is 0.714. The predicted molar refractivity (Wildman–Crippen MR) is 81.1 cm³/mol. The van der Waals surface area contributed by atoms with E-state index in [1.54, 1.807) is 0 Å². The van der Waals surface area contributed by atoms with Crippen molar-refractivity contribution in [3.05, 3.63) is 16.5 Å². The molecule has 0 spiro atoms. The van der Waals surface area contributed by atoms with Crippen molar-refractivity contribution < 1.29 is 0 Å². The molecule has 1 atom stereocenters. The molecule has 3 nitrogen and oxygen atoms in total. The van der Waals surface area contributed by atoms with Crippen molar-refractivity contribution in [1.29, 1.82) is 0 Å². The molecule has 0 aliphatic heterocycles. The van der Waals surface area contributed by atoms with Crippen LogP contribution in [0, 0.1) is 5.92 Å². The van der Waals surface area contributed by atoms with Gasteiger partial charge < -0.3 is 4.90 Å². The van der Waals surface area contributed by atoms with E-state index in [0.29, 0.717) is 17.9 Å². The van der Waals surface area contributed by atoms with E-state index in [9.17, 15) is 0 Å². The van der Waals surface area contributed by atoms with Gasteiger partial charge in [-0.3, -0.25) is 0 Å². The summed E-state index contributed by atoms with van der Waals surface area (Å²) in [5.74, 6) is 2.92. The van der Waals surface area contributed by atoms with Gasteiger partial charge in [0, 0.05) is 25.1 Å². The van der Waals surface area contributed by atoms with Crippen molar-refractivity contribution in [1.82, 2.24) is 9.97 Å². The van der Waals surface area contributed by atoms with Gasteiger partial charge in [0.25, 0.3) is 0 Å². The van der Waals surface area contributed by atoms with Crippen LogP contribution in [0.25, 0.3) is 0 Å². The van der Waals surface area contributed by atoms with Crippen LogP contribution in [-0.4, -0.2) is 23.1 Å². The summed E-state index contributed by atoms with van der Waals surface area (Å²) >= 11 is 3.47. The second-order valence-corrected chi connectivity index (χ2v) is 6.46. The van der Waals surface area contributed by atoms with Crippen molar-refractivity contribution in [2.75, 3.05) is 11.9 Å². The molecule has 1 unspecified atom stereocenters. The van der Waals surface area contributed by atoms with Crippen LogP contribution in [0.15, 0.2) is 10.7 Å². The van der Waals surface area contributed by atoms with Crippen molar-refractivity contribution in [2.24, 2.45) is 5.92 Å². The number of nitrogens with zero attached hydrogens (tertiary/aromatic N) is 3. The zero-order valence-corrected chi connectivity index (χ0v) is 13.8. The molecule has 0 amide bonds. The molecule has 1 aromatic heterocycles. The molecule has 102 valence electrons. The third-order valence-electron chi connectivity index (χ3n) is 3.05. The van der Waals surface area contributed by atoms with Gasteiger partial charge in [-0.05, 0) is 35.2 Å². The highest BCUT2D eigenvalue weighted by atomic mass is 79.9. The maximum atomic E-state index is 4.65. The first kappa shape index (κ1) is 15.4. The van der Waals surface area contributed by atoms with Crippen LogP contribution in [-0.2, 0) is 0 Å². The molecule has 4 heteroatoms. The fourth-order valence-corrected chi connectivity index (χ4v) is 2.31. The maximum absolute atomic E-state index is 4.65. The molecule has 0 fully saturated rings. The minimum Gasteiger partial charge on any atom is -0.357 e. The van der Waals surface area contributed by atoms with Crippen molar-refractivity contribution >= 4 is 21.7 Å². The Morgan fingerprint density at radius 3 is 2.28 bits per heavy atom. The van der Waals surface area contributed by atoms with E-state index in [0.717, 1.165) is 22.7 Å². The summed E-state index contributed by atoms with van der Waals surface area (Å²) in [7, 11) is 2.10. The smallest absolute Gasteiger partial charge is 0.134 e. The van der Waals surface area contributed by atoms with Crippen molar-refractivity contribution in [3.63, 3.8) is 0 Å². The van der Waals surface area contributed by atoms with Gasteiger partial charge in [0.05, 0.1) is 0 Å². The van der Waals surface area contributed by atoms with Gasteiger partial charge >= 0.3 is 0 Å². The van der Waals surface area contributed by atoms with Gasteiger partial charge in [-0.1, -0.05) is 27.7 Å². The number of rotatable bonds is 5. The Balaban J connectivity index is 2.94. The molecule has 0 aromatic carbocycles. The largest absolute Gasteiger partial charge is 0.357 e. The molecule has 0 bridgehead atoms.